The van der Waals surface area contributed by atoms with Crippen molar-refractivity contribution in [1.29, 1.82) is 0 Å². The van der Waals surface area contributed by atoms with Crippen molar-refractivity contribution in [2.24, 2.45) is 0 Å². The Labute approximate surface area is 183 Å². The second kappa shape index (κ2) is 9.79. The highest BCUT2D eigenvalue weighted by atomic mass is 35.5. The van der Waals surface area contributed by atoms with Crippen LogP contribution in [0.25, 0.3) is 11.0 Å². The maximum atomic E-state index is 10.7. The number of imidazole rings is 1. The van der Waals surface area contributed by atoms with E-state index in [1.807, 2.05) is 60.7 Å². The molecule has 1 N–H and O–H groups in total. The van der Waals surface area contributed by atoms with Crippen LogP contribution in [0.5, 0.6) is 5.75 Å². The number of benzene rings is 3. The fourth-order valence-electron chi connectivity index (χ4n) is 3.50. The van der Waals surface area contributed by atoms with Gasteiger partial charge in [0.1, 0.15) is 24.3 Å². The predicted octanol–water partition coefficient (Wildman–Crippen LogP) is 5.11. The molecule has 0 saturated carbocycles. The second-order valence-electron chi connectivity index (χ2n) is 7.50. The van der Waals surface area contributed by atoms with Gasteiger partial charge in [0.25, 0.3) is 0 Å². The van der Waals surface area contributed by atoms with Crippen LogP contribution in [0.1, 0.15) is 22.5 Å². The standard InChI is InChI=1S/C25H26N2O2.ClH/c1-18-12-13-22(14-19(18)2)29-17-21(28)16-27-24-11-7-6-10-23(24)26-25(27)15-20-8-4-3-5-9-20;/h3-14,21,28H,15-17H2,1-2H3;1H. The fourth-order valence-corrected chi connectivity index (χ4v) is 3.50. The number of ether oxygens (including phenoxy) is 1. The minimum atomic E-state index is -0.635. The van der Waals surface area contributed by atoms with E-state index in [0.717, 1.165) is 29.0 Å². The molecule has 1 atom stereocenters. The Morgan fingerprint density at radius 1 is 0.933 bits per heavy atom. The molecule has 1 heterocycles. The Balaban J connectivity index is 0.00000256. The zero-order valence-corrected chi connectivity index (χ0v) is 18.1. The predicted molar refractivity (Wildman–Crippen MR) is 124 cm³/mol. The van der Waals surface area contributed by atoms with Crippen LogP contribution in [0.3, 0.4) is 0 Å². The van der Waals surface area contributed by atoms with Crippen molar-refractivity contribution in [1.82, 2.24) is 9.55 Å². The van der Waals surface area contributed by atoms with Gasteiger partial charge in [0.2, 0.25) is 0 Å². The van der Waals surface area contributed by atoms with Crippen LogP contribution >= 0.6 is 12.4 Å². The summed E-state index contributed by atoms with van der Waals surface area (Å²) in [5.41, 5.74) is 5.59. The number of para-hydroxylation sites is 2. The lowest BCUT2D eigenvalue weighted by Gasteiger charge is -2.16. The van der Waals surface area contributed by atoms with Crippen LogP contribution in [0, 0.1) is 13.8 Å². The van der Waals surface area contributed by atoms with E-state index < -0.39 is 6.10 Å². The van der Waals surface area contributed by atoms with Crippen molar-refractivity contribution >= 4 is 23.4 Å². The lowest BCUT2D eigenvalue weighted by atomic mass is 10.1. The van der Waals surface area contributed by atoms with Gasteiger partial charge in [-0.05, 0) is 54.8 Å². The molecule has 0 aliphatic heterocycles. The Kier molecular flexibility index (Phi) is 7.14. The molecule has 0 bridgehead atoms. The first-order chi connectivity index (χ1) is 14.1. The van der Waals surface area contributed by atoms with Gasteiger partial charge in [-0.3, -0.25) is 0 Å². The molecule has 1 unspecified atom stereocenters. The van der Waals surface area contributed by atoms with Gasteiger partial charge in [-0.2, -0.15) is 0 Å². The molecule has 0 aliphatic carbocycles. The number of hydrogen-bond donors (Lipinski definition) is 1. The van der Waals surface area contributed by atoms with E-state index in [2.05, 4.69) is 30.5 Å². The first kappa shape index (κ1) is 21.9. The number of aryl methyl sites for hydroxylation is 2. The van der Waals surface area contributed by atoms with Crippen LogP contribution < -0.4 is 4.74 Å². The number of aliphatic hydroxyl groups excluding tert-OH is 1. The average Bonchev–Trinajstić information content (AvgIpc) is 3.06. The minimum Gasteiger partial charge on any atom is -0.491 e. The summed E-state index contributed by atoms with van der Waals surface area (Å²) in [5.74, 6) is 1.73. The summed E-state index contributed by atoms with van der Waals surface area (Å²) < 4.78 is 7.95. The molecule has 0 spiro atoms. The number of fused-ring (bicyclic) bond motifs is 1. The van der Waals surface area contributed by atoms with Gasteiger partial charge in [0.15, 0.2) is 0 Å². The van der Waals surface area contributed by atoms with Gasteiger partial charge in [0, 0.05) is 6.42 Å². The van der Waals surface area contributed by atoms with Crippen molar-refractivity contribution in [2.45, 2.75) is 32.9 Å². The first-order valence-electron chi connectivity index (χ1n) is 9.96. The van der Waals surface area contributed by atoms with Gasteiger partial charge < -0.3 is 14.4 Å². The number of nitrogens with zero attached hydrogens (tertiary/aromatic N) is 2. The number of aliphatic hydroxyl groups is 1. The summed E-state index contributed by atoms with van der Waals surface area (Å²) in [5, 5.41) is 10.7. The minimum absolute atomic E-state index is 0. The molecule has 30 heavy (non-hydrogen) atoms. The Hall–Kier alpha value is -2.82. The Bertz CT molecular complexity index is 1110. The monoisotopic (exact) mass is 422 g/mol. The molecule has 1 aromatic heterocycles. The molecule has 0 aliphatic rings. The van der Waals surface area contributed by atoms with E-state index in [1.54, 1.807) is 0 Å². The molecule has 0 fully saturated rings. The van der Waals surface area contributed by atoms with Crippen molar-refractivity contribution in [2.75, 3.05) is 6.61 Å². The highest BCUT2D eigenvalue weighted by Crippen LogP contribution is 2.20. The van der Waals surface area contributed by atoms with E-state index in [9.17, 15) is 5.11 Å². The van der Waals surface area contributed by atoms with E-state index in [0.29, 0.717) is 6.54 Å². The highest BCUT2D eigenvalue weighted by molar-refractivity contribution is 5.85. The van der Waals surface area contributed by atoms with Gasteiger partial charge in [0.05, 0.1) is 17.6 Å². The normalized spacial score (nSPS) is 11.8. The first-order valence-corrected chi connectivity index (χ1v) is 9.96. The van der Waals surface area contributed by atoms with Crippen LogP contribution in [0.4, 0.5) is 0 Å². The molecule has 0 saturated heterocycles. The number of rotatable bonds is 7. The molecule has 0 amide bonds. The van der Waals surface area contributed by atoms with Crippen molar-refractivity contribution in [3.05, 3.63) is 95.3 Å². The van der Waals surface area contributed by atoms with Gasteiger partial charge >= 0.3 is 0 Å². The summed E-state index contributed by atoms with van der Waals surface area (Å²) in [6.45, 7) is 4.81. The summed E-state index contributed by atoms with van der Waals surface area (Å²) >= 11 is 0. The van der Waals surface area contributed by atoms with Gasteiger partial charge in [-0.25, -0.2) is 4.98 Å². The summed E-state index contributed by atoms with van der Waals surface area (Å²) in [6, 6.07) is 24.3. The number of halogens is 1. The number of aromatic nitrogens is 2. The third-order valence-corrected chi connectivity index (χ3v) is 5.25. The van der Waals surface area contributed by atoms with Crippen molar-refractivity contribution < 1.29 is 9.84 Å². The molecular formula is C25H27ClN2O2. The second-order valence-corrected chi connectivity index (χ2v) is 7.50. The molecule has 5 heteroatoms. The van der Waals surface area contributed by atoms with Crippen LogP contribution in [0.2, 0.25) is 0 Å². The van der Waals surface area contributed by atoms with Gasteiger partial charge in [-0.15, -0.1) is 12.4 Å². The Morgan fingerprint density at radius 2 is 1.67 bits per heavy atom. The smallest absolute Gasteiger partial charge is 0.119 e. The summed E-state index contributed by atoms with van der Waals surface area (Å²) in [6.07, 6.45) is 0.0870. The van der Waals surface area contributed by atoms with Crippen molar-refractivity contribution in [3.8, 4) is 5.75 Å². The third kappa shape index (κ3) is 5.02. The third-order valence-electron chi connectivity index (χ3n) is 5.25. The Morgan fingerprint density at radius 3 is 2.43 bits per heavy atom. The largest absolute Gasteiger partial charge is 0.491 e. The number of hydrogen-bond acceptors (Lipinski definition) is 3. The molecular weight excluding hydrogens is 396 g/mol. The SMILES string of the molecule is Cc1ccc(OCC(O)Cn2c(Cc3ccccc3)nc3ccccc32)cc1C.Cl. The molecule has 4 nitrogen and oxygen atoms in total. The van der Waals surface area contributed by atoms with Crippen LogP contribution in [-0.4, -0.2) is 27.4 Å². The van der Waals surface area contributed by atoms with Crippen LogP contribution in [-0.2, 0) is 13.0 Å². The maximum absolute atomic E-state index is 10.7. The van der Waals surface area contributed by atoms with Crippen molar-refractivity contribution in [3.63, 3.8) is 0 Å². The lowest BCUT2D eigenvalue weighted by molar-refractivity contribution is 0.0927. The summed E-state index contributed by atoms with van der Waals surface area (Å²) in [4.78, 5) is 4.81. The fraction of sp³-hybridized carbons (Fsp3) is 0.240. The summed E-state index contributed by atoms with van der Waals surface area (Å²) in [7, 11) is 0. The zero-order valence-electron chi connectivity index (χ0n) is 17.3. The molecule has 3 aromatic carbocycles. The van der Waals surface area contributed by atoms with Crippen LogP contribution in [0.15, 0.2) is 72.8 Å². The molecule has 156 valence electrons. The topological polar surface area (TPSA) is 47.3 Å². The van der Waals surface area contributed by atoms with Gasteiger partial charge in [-0.1, -0.05) is 48.5 Å². The average molecular weight is 423 g/mol. The molecule has 4 aromatic rings. The van der Waals surface area contributed by atoms with E-state index in [1.165, 1.54) is 16.7 Å². The van der Waals surface area contributed by atoms with E-state index in [-0.39, 0.29) is 19.0 Å². The highest BCUT2D eigenvalue weighted by Gasteiger charge is 2.15. The van der Waals surface area contributed by atoms with E-state index >= 15 is 0 Å². The zero-order chi connectivity index (χ0) is 20.2. The maximum Gasteiger partial charge on any atom is 0.119 e. The van der Waals surface area contributed by atoms with E-state index in [4.69, 9.17) is 9.72 Å². The lowest BCUT2D eigenvalue weighted by Crippen LogP contribution is -2.24. The quantitative estimate of drug-likeness (QED) is 0.450. The molecule has 0 radical (unpaired) electrons. The molecule has 4 rings (SSSR count).